The number of benzene rings is 1. The molecule has 0 fully saturated rings. The van der Waals surface area contributed by atoms with E-state index in [1.54, 1.807) is 0 Å². The first-order valence-corrected chi connectivity index (χ1v) is 6.64. The molecule has 1 aromatic heterocycles. The number of aryl methyl sites for hydroxylation is 1. The molecule has 0 spiro atoms. The number of nitrogens with zero attached hydrogens (tertiary/aromatic N) is 2. The Morgan fingerprint density at radius 3 is 3.11 bits per heavy atom. The Morgan fingerprint density at radius 1 is 1.44 bits per heavy atom. The highest BCUT2D eigenvalue weighted by molar-refractivity contribution is 6.30. The van der Waals surface area contributed by atoms with Crippen molar-refractivity contribution in [3.63, 3.8) is 0 Å². The van der Waals surface area contributed by atoms with Gasteiger partial charge < -0.3 is 10.3 Å². The van der Waals surface area contributed by atoms with Gasteiger partial charge in [0.05, 0.1) is 6.54 Å². The molecule has 3 rings (SSSR count). The Kier molecular flexibility index (Phi) is 3.10. The van der Waals surface area contributed by atoms with E-state index in [9.17, 15) is 0 Å². The van der Waals surface area contributed by atoms with Gasteiger partial charge in [-0.15, -0.1) is 0 Å². The summed E-state index contributed by atoms with van der Waals surface area (Å²) in [4.78, 5) is 4.37. The summed E-state index contributed by atoms with van der Waals surface area (Å²) >= 11 is 6.06. The summed E-state index contributed by atoms with van der Waals surface area (Å²) < 4.78 is 2.26. The normalized spacial score (nSPS) is 18.7. The van der Waals surface area contributed by atoms with E-state index < -0.39 is 0 Å². The molecular formula is C14H16ClN3. The van der Waals surface area contributed by atoms with Gasteiger partial charge in [0.25, 0.3) is 0 Å². The molecule has 1 aromatic carbocycles. The van der Waals surface area contributed by atoms with Crippen LogP contribution in [0.3, 0.4) is 0 Å². The molecule has 94 valence electrons. The molecular weight excluding hydrogens is 246 g/mol. The SMILES string of the molecule is NCc1ncc2n1CC(c1cccc(Cl)c1)CC2. The Balaban J connectivity index is 1.90. The number of aromatic nitrogens is 2. The first-order chi connectivity index (χ1) is 8.78. The quantitative estimate of drug-likeness (QED) is 0.903. The highest BCUT2D eigenvalue weighted by atomic mass is 35.5. The topological polar surface area (TPSA) is 43.8 Å². The van der Waals surface area contributed by atoms with E-state index in [0.29, 0.717) is 12.5 Å². The standard InChI is InChI=1S/C14H16ClN3/c15-12-3-1-2-10(6-12)11-4-5-13-8-17-14(7-16)18(13)9-11/h1-3,6,8,11H,4-5,7,9,16H2. The summed E-state index contributed by atoms with van der Waals surface area (Å²) in [6.45, 7) is 1.46. The number of hydrogen-bond donors (Lipinski definition) is 1. The van der Waals surface area contributed by atoms with Crippen LogP contribution >= 0.6 is 11.6 Å². The van der Waals surface area contributed by atoms with Crippen LogP contribution in [0.1, 0.15) is 29.4 Å². The molecule has 2 N–H and O–H groups in total. The smallest absolute Gasteiger partial charge is 0.122 e. The molecule has 2 heterocycles. The zero-order chi connectivity index (χ0) is 12.5. The average Bonchev–Trinajstić information content (AvgIpc) is 2.80. The van der Waals surface area contributed by atoms with Crippen molar-refractivity contribution in [2.75, 3.05) is 0 Å². The van der Waals surface area contributed by atoms with Crippen molar-refractivity contribution >= 4 is 11.6 Å². The van der Waals surface area contributed by atoms with E-state index >= 15 is 0 Å². The molecule has 0 bridgehead atoms. The fraction of sp³-hybridized carbons (Fsp3) is 0.357. The van der Waals surface area contributed by atoms with Crippen molar-refractivity contribution in [2.24, 2.45) is 5.73 Å². The molecule has 1 aliphatic rings. The molecule has 0 saturated carbocycles. The summed E-state index contributed by atoms with van der Waals surface area (Å²) in [6, 6.07) is 8.16. The van der Waals surface area contributed by atoms with Gasteiger partial charge in [0.1, 0.15) is 5.82 Å². The van der Waals surface area contributed by atoms with Gasteiger partial charge in [0, 0.05) is 29.4 Å². The molecule has 0 amide bonds. The van der Waals surface area contributed by atoms with Crippen LogP contribution in [0.2, 0.25) is 5.02 Å². The molecule has 1 atom stereocenters. The van der Waals surface area contributed by atoms with Gasteiger partial charge in [-0.3, -0.25) is 0 Å². The van der Waals surface area contributed by atoms with Gasteiger partial charge in [-0.1, -0.05) is 23.7 Å². The van der Waals surface area contributed by atoms with Crippen LogP contribution in [0.25, 0.3) is 0 Å². The average molecular weight is 262 g/mol. The lowest BCUT2D eigenvalue weighted by molar-refractivity contribution is 0.451. The maximum absolute atomic E-state index is 6.06. The fourth-order valence-corrected chi connectivity index (χ4v) is 2.90. The van der Waals surface area contributed by atoms with Gasteiger partial charge in [-0.25, -0.2) is 4.98 Å². The van der Waals surface area contributed by atoms with Crippen LogP contribution in [0.4, 0.5) is 0 Å². The minimum Gasteiger partial charge on any atom is -0.330 e. The van der Waals surface area contributed by atoms with E-state index in [2.05, 4.69) is 21.7 Å². The first kappa shape index (κ1) is 11.8. The molecule has 0 radical (unpaired) electrons. The number of halogens is 1. The van der Waals surface area contributed by atoms with E-state index in [-0.39, 0.29) is 0 Å². The van der Waals surface area contributed by atoms with Gasteiger partial charge in [-0.2, -0.15) is 0 Å². The summed E-state index contributed by atoms with van der Waals surface area (Å²) in [6.07, 6.45) is 4.16. The Hall–Kier alpha value is -1.32. The molecule has 1 unspecified atom stereocenters. The molecule has 0 aliphatic carbocycles. The van der Waals surface area contributed by atoms with Crippen molar-refractivity contribution in [1.29, 1.82) is 0 Å². The molecule has 3 nitrogen and oxygen atoms in total. The Bertz CT molecular complexity index is 548. The maximum Gasteiger partial charge on any atom is 0.122 e. The molecule has 0 saturated heterocycles. The van der Waals surface area contributed by atoms with Crippen LogP contribution in [0.5, 0.6) is 0 Å². The van der Waals surface area contributed by atoms with Gasteiger partial charge in [0.15, 0.2) is 0 Å². The minimum absolute atomic E-state index is 0.502. The lowest BCUT2D eigenvalue weighted by Crippen LogP contribution is -2.21. The van der Waals surface area contributed by atoms with Crippen LogP contribution < -0.4 is 5.73 Å². The second kappa shape index (κ2) is 4.75. The maximum atomic E-state index is 6.06. The molecule has 1 aliphatic heterocycles. The molecule has 2 aromatic rings. The second-order valence-corrected chi connectivity index (χ2v) is 5.21. The number of hydrogen-bond acceptors (Lipinski definition) is 2. The Labute approximate surface area is 112 Å². The number of rotatable bonds is 2. The number of nitrogens with two attached hydrogens (primary N) is 1. The minimum atomic E-state index is 0.502. The van der Waals surface area contributed by atoms with E-state index in [4.69, 9.17) is 17.3 Å². The highest BCUT2D eigenvalue weighted by Crippen LogP contribution is 2.30. The summed E-state index contributed by atoms with van der Waals surface area (Å²) in [5, 5.41) is 0.808. The van der Waals surface area contributed by atoms with Crippen LogP contribution in [0.15, 0.2) is 30.5 Å². The van der Waals surface area contributed by atoms with Crippen molar-refractivity contribution < 1.29 is 0 Å². The van der Waals surface area contributed by atoms with Crippen molar-refractivity contribution in [3.05, 3.63) is 52.6 Å². The van der Waals surface area contributed by atoms with Crippen molar-refractivity contribution in [2.45, 2.75) is 31.8 Å². The zero-order valence-corrected chi connectivity index (χ0v) is 10.9. The van der Waals surface area contributed by atoms with Gasteiger partial charge in [-0.05, 0) is 30.5 Å². The van der Waals surface area contributed by atoms with E-state index in [1.807, 2.05) is 18.3 Å². The molecule has 18 heavy (non-hydrogen) atoms. The zero-order valence-electron chi connectivity index (χ0n) is 10.1. The monoisotopic (exact) mass is 261 g/mol. The van der Waals surface area contributed by atoms with Crippen LogP contribution in [-0.2, 0) is 19.5 Å². The predicted molar refractivity (Wildman–Crippen MR) is 72.6 cm³/mol. The summed E-state index contributed by atoms with van der Waals surface area (Å²) in [5.41, 5.74) is 8.33. The highest BCUT2D eigenvalue weighted by Gasteiger charge is 2.22. The third-order valence-corrected chi connectivity index (χ3v) is 3.91. The third-order valence-electron chi connectivity index (χ3n) is 3.68. The lowest BCUT2D eigenvalue weighted by atomic mass is 9.91. The number of fused-ring (bicyclic) bond motifs is 1. The first-order valence-electron chi connectivity index (χ1n) is 6.26. The van der Waals surface area contributed by atoms with E-state index in [0.717, 1.165) is 30.2 Å². The molecule has 4 heteroatoms. The van der Waals surface area contributed by atoms with Crippen molar-refractivity contribution in [1.82, 2.24) is 9.55 Å². The predicted octanol–water partition coefficient (Wildman–Crippen LogP) is 2.73. The Morgan fingerprint density at radius 2 is 2.33 bits per heavy atom. The lowest BCUT2D eigenvalue weighted by Gasteiger charge is -2.25. The summed E-state index contributed by atoms with van der Waals surface area (Å²) in [7, 11) is 0. The fourth-order valence-electron chi connectivity index (χ4n) is 2.71. The van der Waals surface area contributed by atoms with Crippen LogP contribution in [0, 0.1) is 0 Å². The van der Waals surface area contributed by atoms with Gasteiger partial charge in [0.2, 0.25) is 0 Å². The largest absolute Gasteiger partial charge is 0.330 e. The number of imidazole rings is 1. The summed E-state index contributed by atoms with van der Waals surface area (Å²) in [5.74, 6) is 1.49. The third kappa shape index (κ3) is 2.04. The second-order valence-electron chi connectivity index (χ2n) is 4.77. The van der Waals surface area contributed by atoms with E-state index in [1.165, 1.54) is 11.3 Å². The van der Waals surface area contributed by atoms with Crippen LogP contribution in [-0.4, -0.2) is 9.55 Å². The van der Waals surface area contributed by atoms with Gasteiger partial charge >= 0.3 is 0 Å². The van der Waals surface area contributed by atoms with Crippen molar-refractivity contribution in [3.8, 4) is 0 Å².